The van der Waals surface area contributed by atoms with Crippen molar-refractivity contribution in [2.24, 2.45) is 0 Å². The van der Waals surface area contributed by atoms with Gasteiger partial charge >= 0.3 is 0 Å². The van der Waals surface area contributed by atoms with E-state index in [1.807, 2.05) is 18.3 Å². The van der Waals surface area contributed by atoms with E-state index in [9.17, 15) is 8.42 Å². The molecule has 0 radical (unpaired) electrons. The molecule has 0 N–H and O–H groups in total. The summed E-state index contributed by atoms with van der Waals surface area (Å²) in [5, 5.41) is -0.103. The van der Waals surface area contributed by atoms with Crippen LogP contribution < -0.4 is 0 Å². The monoisotopic (exact) mass is 240 g/mol. The zero-order chi connectivity index (χ0) is 11.2. The van der Waals surface area contributed by atoms with Crippen LogP contribution in [0.1, 0.15) is 25.0 Å². The van der Waals surface area contributed by atoms with Gasteiger partial charge in [0.1, 0.15) is 0 Å². The summed E-state index contributed by atoms with van der Waals surface area (Å²) in [5.74, 6) is 0. The lowest BCUT2D eigenvalue weighted by atomic mass is 10.0. The van der Waals surface area contributed by atoms with Crippen molar-refractivity contribution in [2.45, 2.75) is 37.6 Å². The van der Waals surface area contributed by atoms with Gasteiger partial charge in [0, 0.05) is 25.0 Å². The Hall–Kier alpha value is -0.810. The summed E-state index contributed by atoms with van der Waals surface area (Å²) in [5.41, 5.74) is 1.11. The largest absolute Gasteiger partial charge is 0.349 e. The topological polar surface area (TPSA) is 42.3 Å². The number of nitrogens with zero attached hydrogens (tertiary/aromatic N) is 2. The highest BCUT2D eigenvalue weighted by Crippen LogP contribution is 2.30. The summed E-state index contributed by atoms with van der Waals surface area (Å²) in [6, 6.07) is 3.98. The van der Waals surface area contributed by atoms with Gasteiger partial charge in [-0.05, 0) is 25.0 Å². The van der Waals surface area contributed by atoms with E-state index >= 15 is 0 Å². The zero-order valence-electron chi connectivity index (χ0n) is 9.17. The van der Waals surface area contributed by atoms with Crippen molar-refractivity contribution in [1.82, 2.24) is 8.87 Å². The first-order valence-corrected chi connectivity index (χ1v) is 7.31. The van der Waals surface area contributed by atoms with Crippen LogP contribution in [0.15, 0.2) is 18.3 Å². The summed E-state index contributed by atoms with van der Waals surface area (Å²) >= 11 is 0. The van der Waals surface area contributed by atoms with E-state index in [1.54, 1.807) is 4.31 Å². The van der Waals surface area contributed by atoms with Gasteiger partial charge in [-0.25, -0.2) is 8.42 Å². The maximum Gasteiger partial charge on any atom is 0.217 e. The Morgan fingerprint density at radius 1 is 1.25 bits per heavy atom. The van der Waals surface area contributed by atoms with Crippen LogP contribution in [-0.4, -0.2) is 29.1 Å². The van der Waals surface area contributed by atoms with E-state index in [-0.39, 0.29) is 5.25 Å². The molecular weight excluding hydrogens is 224 g/mol. The molecule has 5 heteroatoms. The van der Waals surface area contributed by atoms with E-state index in [0.717, 1.165) is 31.5 Å². The van der Waals surface area contributed by atoms with Crippen molar-refractivity contribution in [2.75, 3.05) is 6.54 Å². The molecule has 88 valence electrons. The number of aromatic nitrogens is 1. The molecule has 1 aromatic rings. The lowest BCUT2D eigenvalue weighted by Crippen LogP contribution is -2.45. The SMILES string of the molecule is O=S(=O)(C1CCC1)N1CCn2cccc2C1. The molecule has 0 spiro atoms. The molecule has 1 fully saturated rings. The van der Waals surface area contributed by atoms with Crippen molar-refractivity contribution in [1.29, 1.82) is 0 Å². The van der Waals surface area contributed by atoms with E-state index < -0.39 is 10.0 Å². The van der Waals surface area contributed by atoms with Crippen molar-refractivity contribution in [3.8, 4) is 0 Å². The van der Waals surface area contributed by atoms with Crippen LogP contribution in [0.2, 0.25) is 0 Å². The Kier molecular flexibility index (Phi) is 2.33. The molecule has 0 unspecified atom stereocenters. The fraction of sp³-hybridized carbons (Fsp3) is 0.636. The minimum Gasteiger partial charge on any atom is -0.349 e. The molecule has 0 saturated heterocycles. The minimum atomic E-state index is -3.03. The van der Waals surface area contributed by atoms with Crippen LogP contribution in [0, 0.1) is 0 Å². The van der Waals surface area contributed by atoms with Crippen LogP contribution in [0.4, 0.5) is 0 Å². The van der Waals surface area contributed by atoms with Gasteiger partial charge in [-0.1, -0.05) is 6.42 Å². The van der Waals surface area contributed by atoms with Gasteiger partial charge in [0.2, 0.25) is 10.0 Å². The van der Waals surface area contributed by atoms with Gasteiger partial charge in [0.25, 0.3) is 0 Å². The van der Waals surface area contributed by atoms with Crippen LogP contribution in [-0.2, 0) is 23.1 Å². The number of hydrogen-bond acceptors (Lipinski definition) is 2. The van der Waals surface area contributed by atoms with Gasteiger partial charge in [0.15, 0.2) is 0 Å². The van der Waals surface area contributed by atoms with Gasteiger partial charge in [-0.3, -0.25) is 0 Å². The lowest BCUT2D eigenvalue weighted by Gasteiger charge is -2.34. The predicted molar refractivity (Wildman–Crippen MR) is 61.4 cm³/mol. The normalized spacial score (nSPS) is 22.8. The molecule has 3 rings (SSSR count). The highest BCUT2D eigenvalue weighted by atomic mass is 32.2. The molecule has 0 bridgehead atoms. The van der Waals surface area contributed by atoms with Gasteiger partial charge < -0.3 is 4.57 Å². The van der Waals surface area contributed by atoms with Crippen molar-refractivity contribution >= 4 is 10.0 Å². The second kappa shape index (κ2) is 3.60. The second-order valence-corrected chi connectivity index (χ2v) is 6.84. The summed E-state index contributed by atoms with van der Waals surface area (Å²) in [6.07, 6.45) is 4.77. The average molecular weight is 240 g/mol. The Labute approximate surface area is 95.9 Å². The number of hydrogen-bond donors (Lipinski definition) is 0. The van der Waals surface area contributed by atoms with Crippen LogP contribution >= 0.6 is 0 Å². The number of fused-ring (bicyclic) bond motifs is 1. The van der Waals surface area contributed by atoms with Gasteiger partial charge in [-0.15, -0.1) is 0 Å². The Bertz CT molecular complexity index is 488. The van der Waals surface area contributed by atoms with Crippen molar-refractivity contribution < 1.29 is 8.42 Å². The molecule has 1 saturated carbocycles. The molecular formula is C11H16N2O2S. The highest BCUT2D eigenvalue weighted by Gasteiger charge is 2.37. The van der Waals surface area contributed by atoms with Gasteiger partial charge in [-0.2, -0.15) is 4.31 Å². The Balaban J connectivity index is 1.83. The maximum absolute atomic E-state index is 12.2. The molecule has 0 aromatic carbocycles. The Morgan fingerprint density at radius 2 is 2.06 bits per heavy atom. The first-order chi connectivity index (χ1) is 7.68. The molecule has 0 atom stereocenters. The fourth-order valence-corrected chi connectivity index (χ4v) is 4.39. The molecule has 2 heterocycles. The molecule has 0 amide bonds. The van der Waals surface area contributed by atoms with E-state index in [4.69, 9.17) is 0 Å². The highest BCUT2D eigenvalue weighted by molar-refractivity contribution is 7.89. The van der Waals surface area contributed by atoms with Crippen LogP contribution in [0.5, 0.6) is 0 Å². The first kappa shape index (κ1) is 10.4. The van der Waals surface area contributed by atoms with E-state index in [2.05, 4.69) is 4.57 Å². The fourth-order valence-electron chi connectivity index (χ4n) is 2.39. The maximum atomic E-state index is 12.2. The van der Waals surface area contributed by atoms with E-state index in [0.29, 0.717) is 13.1 Å². The summed E-state index contributed by atoms with van der Waals surface area (Å²) < 4.78 is 28.2. The molecule has 1 aliphatic carbocycles. The molecule has 1 aliphatic heterocycles. The van der Waals surface area contributed by atoms with Crippen LogP contribution in [0.25, 0.3) is 0 Å². The van der Waals surface area contributed by atoms with Crippen LogP contribution in [0.3, 0.4) is 0 Å². The number of rotatable bonds is 2. The zero-order valence-corrected chi connectivity index (χ0v) is 9.99. The van der Waals surface area contributed by atoms with Crippen molar-refractivity contribution in [3.05, 3.63) is 24.0 Å². The second-order valence-electron chi connectivity index (χ2n) is 4.62. The quantitative estimate of drug-likeness (QED) is 0.779. The third-order valence-electron chi connectivity index (χ3n) is 3.69. The molecule has 16 heavy (non-hydrogen) atoms. The average Bonchev–Trinajstić information content (AvgIpc) is 2.60. The first-order valence-electron chi connectivity index (χ1n) is 5.81. The third-order valence-corrected chi connectivity index (χ3v) is 6.03. The number of sulfonamides is 1. The summed E-state index contributed by atoms with van der Waals surface area (Å²) in [4.78, 5) is 0. The standard InChI is InChI=1S/C11H16N2O2S/c14-16(15,11-4-1-5-11)13-8-7-12-6-2-3-10(12)9-13/h2-3,6,11H,1,4-5,7-9H2. The predicted octanol–water partition coefficient (Wildman–Crippen LogP) is 1.19. The molecule has 2 aliphatic rings. The minimum absolute atomic E-state index is 0.103. The Morgan fingerprint density at radius 3 is 2.75 bits per heavy atom. The smallest absolute Gasteiger partial charge is 0.217 e. The molecule has 4 nitrogen and oxygen atoms in total. The lowest BCUT2D eigenvalue weighted by molar-refractivity contribution is 0.326. The summed E-state index contributed by atoms with van der Waals surface area (Å²) in [6.45, 7) is 1.96. The molecule has 1 aromatic heterocycles. The van der Waals surface area contributed by atoms with E-state index in [1.165, 1.54) is 0 Å². The third kappa shape index (κ3) is 1.50. The summed E-state index contributed by atoms with van der Waals surface area (Å²) in [7, 11) is -3.03. The van der Waals surface area contributed by atoms with Crippen molar-refractivity contribution in [3.63, 3.8) is 0 Å². The van der Waals surface area contributed by atoms with Gasteiger partial charge in [0.05, 0.1) is 11.8 Å².